The number of hydrogen-bond donors (Lipinski definition) is 1. The first kappa shape index (κ1) is 15.3. The number of benzene rings is 1. The van der Waals surface area contributed by atoms with Gasteiger partial charge in [0.05, 0.1) is 7.11 Å². The van der Waals surface area contributed by atoms with Gasteiger partial charge in [-0.05, 0) is 42.4 Å². The minimum absolute atomic E-state index is 0.282. The van der Waals surface area contributed by atoms with Crippen LogP contribution >= 0.6 is 0 Å². The molecule has 1 fully saturated rings. The van der Waals surface area contributed by atoms with E-state index in [0.717, 1.165) is 18.0 Å². The zero-order chi connectivity index (χ0) is 14.5. The van der Waals surface area contributed by atoms with Gasteiger partial charge in [0.15, 0.2) is 11.6 Å². The summed E-state index contributed by atoms with van der Waals surface area (Å²) in [7, 11) is 1.49. The fourth-order valence-corrected chi connectivity index (χ4v) is 3.28. The minimum Gasteiger partial charge on any atom is -0.494 e. The molecule has 0 spiro atoms. The number of halogens is 1. The Morgan fingerprint density at radius 3 is 2.70 bits per heavy atom. The first-order valence-electron chi connectivity index (χ1n) is 7.67. The summed E-state index contributed by atoms with van der Waals surface area (Å²) in [6, 6.07) is 5.77. The molecule has 0 aromatic heterocycles. The van der Waals surface area contributed by atoms with E-state index in [-0.39, 0.29) is 5.82 Å². The van der Waals surface area contributed by atoms with Crippen molar-refractivity contribution in [1.82, 2.24) is 5.32 Å². The molecular weight excluding hydrogens is 253 g/mol. The molecule has 1 N–H and O–H groups in total. The molecule has 0 bridgehead atoms. The summed E-state index contributed by atoms with van der Waals surface area (Å²) in [5.41, 5.74) is 0.983. The first-order chi connectivity index (χ1) is 9.61. The van der Waals surface area contributed by atoms with Crippen LogP contribution in [-0.4, -0.2) is 13.2 Å². The Kier molecular flexibility index (Phi) is 5.41. The van der Waals surface area contributed by atoms with Gasteiger partial charge in [0, 0.05) is 12.6 Å². The maximum absolute atomic E-state index is 13.7. The topological polar surface area (TPSA) is 21.3 Å². The van der Waals surface area contributed by atoms with Crippen LogP contribution in [0.15, 0.2) is 18.2 Å². The molecular formula is C17H26FNO. The van der Waals surface area contributed by atoms with E-state index in [9.17, 15) is 4.39 Å². The van der Waals surface area contributed by atoms with Crippen LogP contribution < -0.4 is 10.1 Å². The highest BCUT2D eigenvalue weighted by molar-refractivity contribution is 5.29. The molecule has 0 aliphatic heterocycles. The van der Waals surface area contributed by atoms with Crippen molar-refractivity contribution < 1.29 is 9.13 Å². The third kappa shape index (κ3) is 3.72. The maximum Gasteiger partial charge on any atom is 0.165 e. The van der Waals surface area contributed by atoms with Crippen LogP contribution in [0.25, 0.3) is 0 Å². The van der Waals surface area contributed by atoms with Gasteiger partial charge < -0.3 is 10.1 Å². The second-order valence-electron chi connectivity index (χ2n) is 6.15. The monoisotopic (exact) mass is 279 g/mol. The predicted octanol–water partition coefficient (Wildman–Crippen LogP) is 4.14. The zero-order valence-corrected chi connectivity index (χ0v) is 12.8. The van der Waals surface area contributed by atoms with Crippen LogP contribution in [0.5, 0.6) is 5.75 Å². The molecule has 2 rings (SSSR count). The van der Waals surface area contributed by atoms with Crippen molar-refractivity contribution in [3.63, 3.8) is 0 Å². The van der Waals surface area contributed by atoms with E-state index in [1.165, 1.54) is 32.8 Å². The van der Waals surface area contributed by atoms with Crippen LogP contribution in [0.1, 0.15) is 45.1 Å². The normalized spacial score (nSPS) is 23.1. The summed E-state index contributed by atoms with van der Waals surface area (Å²) in [5.74, 6) is 1.48. The molecule has 2 nitrogen and oxygen atoms in total. The van der Waals surface area contributed by atoms with E-state index < -0.39 is 0 Å². The minimum atomic E-state index is -0.282. The highest BCUT2D eigenvalue weighted by Gasteiger charge is 2.26. The summed E-state index contributed by atoms with van der Waals surface area (Å²) >= 11 is 0. The molecule has 1 aliphatic rings. The van der Waals surface area contributed by atoms with Crippen molar-refractivity contribution in [3.8, 4) is 5.75 Å². The summed E-state index contributed by atoms with van der Waals surface area (Å²) in [5, 5.41) is 3.63. The summed E-state index contributed by atoms with van der Waals surface area (Å²) in [6.45, 7) is 5.34. The Hall–Kier alpha value is -1.09. The maximum atomic E-state index is 13.7. The van der Waals surface area contributed by atoms with Gasteiger partial charge in [0.1, 0.15) is 0 Å². The van der Waals surface area contributed by atoms with Crippen molar-refractivity contribution in [1.29, 1.82) is 0 Å². The second-order valence-corrected chi connectivity index (χ2v) is 6.15. The summed E-state index contributed by atoms with van der Waals surface area (Å²) < 4.78 is 18.6. The number of nitrogens with one attached hydrogen (secondary N) is 1. The molecule has 0 saturated heterocycles. The van der Waals surface area contributed by atoms with Crippen molar-refractivity contribution in [2.75, 3.05) is 7.11 Å². The Bertz CT molecular complexity index is 433. The average molecular weight is 279 g/mol. The number of ether oxygens (including phenoxy) is 1. The van der Waals surface area contributed by atoms with E-state index >= 15 is 0 Å². The number of methoxy groups -OCH3 is 1. The Morgan fingerprint density at radius 1 is 1.30 bits per heavy atom. The lowest BCUT2D eigenvalue weighted by Crippen LogP contribution is -2.40. The zero-order valence-electron chi connectivity index (χ0n) is 12.8. The molecule has 1 aromatic rings. The van der Waals surface area contributed by atoms with Gasteiger partial charge in [0.25, 0.3) is 0 Å². The smallest absolute Gasteiger partial charge is 0.165 e. The van der Waals surface area contributed by atoms with Crippen LogP contribution in [0.3, 0.4) is 0 Å². The van der Waals surface area contributed by atoms with Crippen LogP contribution in [0, 0.1) is 17.7 Å². The molecule has 0 radical (unpaired) electrons. The molecule has 2 atom stereocenters. The third-order valence-corrected chi connectivity index (χ3v) is 4.46. The lowest BCUT2D eigenvalue weighted by Gasteiger charge is -2.35. The average Bonchev–Trinajstić information content (AvgIpc) is 2.45. The van der Waals surface area contributed by atoms with Crippen molar-refractivity contribution in [2.45, 2.75) is 52.1 Å². The highest BCUT2D eigenvalue weighted by atomic mass is 19.1. The van der Waals surface area contributed by atoms with Gasteiger partial charge in [-0.25, -0.2) is 4.39 Å². The second kappa shape index (κ2) is 7.07. The molecule has 1 aromatic carbocycles. The Labute approximate surface area is 121 Å². The Morgan fingerprint density at radius 2 is 2.05 bits per heavy atom. The third-order valence-electron chi connectivity index (χ3n) is 4.46. The van der Waals surface area contributed by atoms with Crippen molar-refractivity contribution >= 4 is 0 Å². The van der Waals surface area contributed by atoms with E-state index in [1.807, 2.05) is 6.07 Å². The number of rotatable bonds is 5. The molecule has 2 unspecified atom stereocenters. The van der Waals surface area contributed by atoms with Gasteiger partial charge in [-0.3, -0.25) is 0 Å². The van der Waals surface area contributed by atoms with Gasteiger partial charge in [-0.15, -0.1) is 0 Å². The Balaban J connectivity index is 1.95. The highest BCUT2D eigenvalue weighted by Crippen LogP contribution is 2.30. The van der Waals surface area contributed by atoms with Crippen LogP contribution in [0.4, 0.5) is 4.39 Å². The van der Waals surface area contributed by atoms with Gasteiger partial charge in [0.2, 0.25) is 0 Å². The van der Waals surface area contributed by atoms with Gasteiger partial charge >= 0.3 is 0 Å². The van der Waals surface area contributed by atoms with Gasteiger partial charge in [-0.2, -0.15) is 0 Å². The molecule has 0 amide bonds. The first-order valence-corrected chi connectivity index (χ1v) is 7.67. The SMILES string of the molecule is COc1ccc(CNC2CCCCC2C(C)C)cc1F. The largest absolute Gasteiger partial charge is 0.494 e. The van der Waals surface area contributed by atoms with E-state index in [4.69, 9.17) is 4.74 Å². The van der Waals surface area contributed by atoms with Crippen LogP contribution in [-0.2, 0) is 6.54 Å². The summed E-state index contributed by atoms with van der Waals surface area (Å²) in [6.07, 6.45) is 5.20. The molecule has 3 heteroatoms. The van der Waals surface area contributed by atoms with E-state index in [1.54, 1.807) is 12.1 Å². The molecule has 0 heterocycles. The van der Waals surface area contributed by atoms with E-state index in [2.05, 4.69) is 19.2 Å². The van der Waals surface area contributed by atoms with Crippen LogP contribution in [0.2, 0.25) is 0 Å². The molecule has 20 heavy (non-hydrogen) atoms. The lowest BCUT2D eigenvalue weighted by atomic mass is 9.78. The van der Waals surface area contributed by atoms with Crippen molar-refractivity contribution in [2.24, 2.45) is 11.8 Å². The van der Waals surface area contributed by atoms with Gasteiger partial charge in [-0.1, -0.05) is 32.8 Å². The molecule has 1 saturated carbocycles. The number of hydrogen-bond acceptors (Lipinski definition) is 2. The van der Waals surface area contributed by atoms with Crippen molar-refractivity contribution in [3.05, 3.63) is 29.6 Å². The lowest BCUT2D eigenvalue weighted by molar-refractivity contribution is 0.204. The van der Waals surface area contributed by atoms with E-state index in [0.29, 0.717) is 17.7 Å². The fraction of sp³-hybridized carbons (Fsp3) is 0.647. The fourth-order valence-electron chi connectivity index (χ4n) is 3.28. The molecule has 1 aliphatic carbocycles. The molecule has 112 valence electrons. The quantitative estimate of drug-likeness (QED) is 0.874. The summed E-state index contributed by atoms with van der Waals surface area (Å²) in [4.78, 5) is 0. The standard InChI is InChI=1S/C17H26FNO/c1-12(2)14-6-4-5-7-16(14)19-11-13-8-9-17(20-3)15(18)10-13/h8-10,12,14,16,19H,4-7,11H2,1-3H3. The predicted molar refractivity (Wildman–Crippen MR) is 80.4 cm³/mol.